The second kappa shape index (κ2) is 10.2. The molecule has 0 saturated heterocycles. The molecule has 0 saturated carbocycles. The lowest BCUT2D eigenvalue weighted by atomic mass is 9.99. The molecule has 0 radical (unpaired) electrons. The second-order valence-electron chi connectivity index (χ2n) is 3.88. The zero-order valence-corrected chi connectivity index (χ0v) is 11.1. The van der Waals surface area contributed by atoms with E-state index < -0.39 is 0 Å². The predicted octanol–water partition coefficient (Wildman–Crippen LogP) is 1.96. The van der Waals surface area contributed by atoms with Crippen molar-refractivity contribution >= 4 is 18.3 Å². The molecule has 0 bridgehead atoms. The molecule has 1 amide bonds. The third-order valence-electron chi connectivity index (χ3n) is 2.73. The molecule has 0 spiro atoms. The molecule has 0 aromatic heterocycles. The minimum absolute atomic E-state index is 0. The van der Waals surface area contributed by atoms with Gasteiger partial charge in [0.05, 0.1) is 0 Å². The van der Waals surface area contributed by atoms with Crippen molar-refractivity contribution in [1.29, 1.82) is 0 Å². The summed E-state index contributed by atoms with van der Waals surface area (Å²) in [4.78, 5) is 11.5. The quantitative estimate of drug-likeness (QED) is 0.710. The Morgan fingerprint density at radius 1 is 1.27 bits per heavy atom. The molecular formula is C11H25ClN2O. The monoisotopic (exact) mass is 236 g/mol. The summed E-state index contributed by atoms with van der Waals surface area (Å²) >= 11 is 0. The Morgan fingerprint density at radius 2 is 1.80 bits per heavy atom. The number of hydrogen-bond donors (Lipinski definition) is 2. The van der Waals surface area contributed by atoms with E-state index in [4.69, 9.17) is 0 Å². The molecule has 92 valence electrons. The molecule has 15 heavy (non-hydrogen) atoms. The van der Waals surface area contributed by atoms with Gasteiger partial charge < -0.3 is 10.6 Å². The number of nitrogens with one attached hydrogen (secondary N) is 2. The first-order valence-electron chi connectivity index (χ1n) is 5.57. The minimum Gasteiger partial charge on any atom is -0.355 e. The second-order valence-corrected chi connectivity index (χ2v) is 3.88. The van der Waals surface area contributed by atoms with E-state index in [0.717, 1.165) is 19.4 Å². The summed E-state index contributed by atoms with van der Waals surface area (Å²) in [5.74, 6) is 0.723. The zero-order chi connectivity index (χ0) is 11.0. The fourth-order valence-electron chi connectivity index (χ4n) is 1.28. The van der Waals surface area contributed by atoms with Gasteiger partial charge in [-0.2, -0.15) is 0 Å². The molecule has 2 N–H and O–H groups in total. The lowest BCUT2D eigenvalue weighted by Gasteiger charge is -2.14. The van der Waals surface area contributed by atoms with E-state index >= 15 is 0 Å². The first kappa shape index (κ1) is 17.1. The first-order valence-corrected chi connectivity index (χ1v) is 5.57. The van der Waals surface area contributed by atoms with Gasteiger partial charge in [0.15, 0.2) is 0 Å². The predicted molar refractivity (Wildman–Crippen MR) is 67.5 cm³/mol. The van der Waals surface area contributed by atoms with Crippen molar-refractivity contribution in [3.8, 4) is 0 Å². The number of halogens is 1. The van der Waals surface area contributed by atoms with Gasteiger partial charge in [-0.05, 0) is 19.9 Å². The fraction of sp³-hybridized carbons (Fsp3) is 0.909. The lowest BCUT2D eigenvalue weighted by Crippen LogP contribution is -2.37. The zero-order valence-electron chi connectivity index (χ0n) is 10.3. The van der Waals surface area contributed by atoms with Crippen LogP contribution < -0.4 is 10.6 Å². The summed E-state index contributed by atoms with van der Waals surface area (Å²) in [6.07, 6.45) is 2.85. The van der Waals surface area contributed by atoms with Gasteiger partial charge in [-0.25, -0.2) is 0 Å². The third-order valence-corrected chi connectivity index (χ3v) is 2.73. The number of carbonyl (C=O) groups is 1. The molecule has 0 heterocycles. The fourth-order valence-corrected chi connectivity index (χ4v) is 1.28. The average Bonchev–Trinajstić information content (AvgIpc) is 2.22. The number of hydrogen-bond acceptors (Lipinski definition) is 2. The molecule has 1 unspecified atom stereocenters. The standard InChI is InChI=1S/C11H24N2O.ClH/c1-5-10(6-2)7-11(14)13-8-9(3)12-4;/h9-10,12H,5-8H2,1-4H3,(H,13,14);1H. The Bertz CT molecular complexity index is 161. The molecule has 0 aliphatic heterocycles. The Hall–Kier alpha value is -0.280. The van der Waals surface area contributed by atoms with Crippen LogP contribution in [0.15, 0.2) is 0 Å². The van der Waals surface area contributed by atoms with Crippen LogP contribution in [0.2, 0.25) is 0 Å². The van der Waals surface area contributed by atoms with Crippen molar-refractivity contribution in [1.82, 2.24) is 10.6 Å². The first-order chi connectivity index (χ1) is 6.63. The molecule has 4 heteroatoms. The highest BCUT2D eigenvalue weighted by Crippen LogP contribution is 2.11. The van der Waals surface area contributed by atoms with Gasteiger partial charge >= 0.3 is 0 Å². The maximum absolute atomic E-state index is 11.5. The summed E-state index contributed by atoms with van der Waals surface area (Å²) in [5.41, 5.74) is 0. The number of amides is 1. The molecule has 0 fully saturated rings. The van der Waals surface area contributed by atoms with Gasteiger partial charge in [-0.1, -0.05) is 26.7 Å². The Balaban J connectivity index is 0. The van der Waals surface area contributed by atoms with E-state index in [1.807, 2.05) is 7.05 Å². The van der Waals surface area contributed by atoms with Crippen LogP contribution in [-0.4, -0.2) is 25.5 Å². The molecule has 0 aliphatic carbocycles. The van der Waals surface area contributed by atoms with Gasteiger partial charge in [0.2, 0.25) is 5.91 Å². The maximum atomic E-state index is 11.5. The van der Waals surface area contributed by atoms with Crippen molar-refractivity contribution in [2.24, 2.45) is 5.92 Å². The molecule has 0 rings (SSSR count). The van der Waals surface area contributed by atoms with Crippen molar-refractivity contribution in [2.45, 2.75) is 46.1 Å². The van der Waals surface area contributed by atoms with Crippen LogP contribution in [-0.2, 0) is 4.79 Å². The number of carbonyl (C=O) groups excluding carboxylic acids is 1. The largest absolute Gasteiger partial charge is 0.355 e. The number of likely N-dealkylation sites (N-methyl/N-ethyl adjacent to an activating group) is 1. The maximum Gasteiger partial charge on any atom is 0.220 e. The van der Waals surface area contributed by atoms with Crippen LogP contribution in [0.5, 0.6) is 0 Å². The highest BCUT2D eigenvalue weighted by atomic mass is 35.5. The van der Waals surface area contributed by atoms with Gasteiger partial charge in [0, 0.05) is 19.0 Å². The summed E-state index contributed by atoms with van der Waals surface area (Å²) < 4.78 is 0. The van der Waals surface area contributed by atoms with E-state index in [1.165, 1.54) is 0 Å². The Labute approximate surface area is 99.8 Å². The van der Waals surface area contributed by atoms with Crippen LogP contribution in [0.3, 0.4) is 0 Å². The SMILES string of the molecule is CCC(CC)CC(=O)NCC(C)NC.Cl. The molecule has 0 aromatic carbocycles. The summed E-state index contributed by atoms with van der Waals surface area (Å²) in [6, 6.07) is 0.348. The number of rotatable bonds is 7. The van der Waals surface area contributed by atoms with E-state index in [-0.39, 0.29) is 18.3 Å². The summed E-state index contributed by atoms with van der Waals surface area (Å²) in [5, 5.41) is 6.02. The van der Waals surface area contributed by atoms with Gasteiger partial charge in [0.25, 0.3) is 0 Å². The van der Waals surface area contributed by atoms with Crippen LogP contribution in [0.25, 0.3) is 0 Å². The smallest absolute Gasteiger partial charge is 0.220 e. The van der Waals surface area contributed by atoms with Gasteiger partial charge in [-0.3, -0.25) is 4.79 Å². The van der Waals surface area contributed by atoms with Crippen LogP contribution in [0.1, 0.15) is 40.0 Å². The van der Waals surface area contributed by atoms with Crippen molar-refractivity contribution in [3.05, 3.63) is 0 Å². The highest BCUT2D eigenvalue weighted by Gasteiger charge is 2.10. The van der Waals surface area contributed by atoms with Crippen LogP contribution >= 0.6 is 12.4 Å². The van der Waals surface area contributed by atoms with Gasteiger partial charge in [-0.15, -0.1) is 12.4 Å². The minimum atomic E-state index is 0. The van der Waals surface area contributed by atoms with Gasteiger partial charge in [0.1, 0.15) is 0 Å². The molecule has 0 aliphatic rings. The van der Waals surface area contributed by atoms with E-state index in [2.05, 4.69) is 31.4 Å². The van der Waals surface area contributed by atoms with Crippen molar-refractivity contribution in [2.75, 3.05) is 13.6 Å². The van der Waals surface area contributed by atoms with E-state index in [0.29, 0.717) is 18.4 Å². The molecule has 0 aromatic rings. The molecule has 3 nitrogen and oxygen atoms in total. The lowest BCUT2D eigenvalue weighted by molar-refractivity contribution is -0.122. The summed E-state index contributed by atoms with van der Waals surface area (Å²) in [7, 11) is 1.90. The Kier molecular flexibility index (Phi) is 11.7. The topological polar surface area (TPSA) is 41.1 Å². The van der Waals surface area contributed by atoms with Crippen LogP contribution in [0, 0.1) is 5.92 Å². The van der Waals surface area contributed by atoms with Crippen molar-refractivity contribution in [3.63, 3.8) is 0 Å². The summed E-state index contributed by atoms with van der Waals surface area (Å²) in [6.45, 7) is 7.04. The van der Waals surface area contributed by atoms with E-state index in [1.54, 1.807) is 0 Å². The average molecular weight is 237 g/mol. The molecule has 1 atom stereocenters. The van der Waals surface area contributed by atoms with E-state index in [9.17, 15) is 4.79 Å². The highest BCUT2D eigenvalue weighted by molar-refractivity contribution is 5.85. The van der Waals surface area contributed by atoms with Crippen molar-refractivity contribution < 1.29 is 4.79 Å². The third kappa shape index (κ3) is 8.70. The van der Waals surface area contributed by atoms with Crippen LogP contribution in [0.4, 0.5) is 0 Å². The normalized spacial score (nSPS) is 12.1. The molecular weight excluding hydrogens is 212 g/mol. The Morgan fingerprint density at radius 3 is 2.20 bits per heavy atom.